The highest BCUT2D eigenvalue weighted by atomic mass is 16.5. The number of esters is 1. The summed E-state index contributed by atoms with van der Waals surface area (Å²) >= 11 is 0. The fraction of sp³-hybridized carbons (Fsp3) is 0.364. The van der Waals surface area contributed by atoms with Gasteiger partial charge in [0, 0.05) is 0 Å². The van der Waals surface area contributed by atoms with E-state index in [-0.39, 0.29) is 12.1 Å². The summed E-state index contributed by atoms with van der Waals surface area (Å²) in [4.78, 5) is 11.2. The Labute approximate surface area is 78.6 Å². The molecule has 0 aromatic rings. The van der Waals surface area contributed by atoms with Crippen molar-refractivity contribution in [1.82, 2.24) is 0 Å². The minimum absolute atomic E-state index is 0.0586. The summed E-state index contributed by atoms with van der Waals surface area (Å²) in [6, 6.07) is 0. The zero-order valence-electron chi connectivity index (χ0n) is 7.82. The molecular weight excluding hydrogens is 164 g/mol. The fourth-order valence-electron chi connectivity index (χ4n) is 1.24. The largest absolute Gasteiger partial charge is 0.454 e. The van der Waals surface area contributed by atoms with Gasteiger partial charge in [-0.15, -0.1) is 6.58 Å². The van der Waals surface area contributed by atoms with Gasteiger partial charge in [-0.1, -0.05) is 18.2 Å². The van der Waals surface area contributed by atoms with E-state index in [9.17, 15) is 4.79 Å². The number of cyclic esters (lactones) is 1. The number of rotatable bonds is 4. The summed E-state index contributed by atoms with van der Waals surface area (Å²) in [5, 5.41) is 0. The number of ether oxygens (including phenoxy) is 1. The molecule has 1 rings (SSSR count). The van der Waals surface area contributed by atoms with Crippen molar-refractivity contribution in [2.24, 2.45) is 0 Å². The summed E-state index contributed by atoms with van der Waals surface area (Å²) in [6.45, 7) is 5.50. The molecule has 0 radical (unpaired) electrons. The van der Waals surface area contributed by atoms with Crippen LogP contribution in [0.25, 0.3) is 0 Å². The summed E-state index contributed by atoms with van der Waals surface area (Å²) in [6.07, 6.45) is 8.95. The predicted molar refractivity (Wildman–Crippen MR) is 52.2 cm³/mol. The van der Waals surface area contributed by atoms with Crippen LogP contribution < -0.4 is 0 Å². The van der Waals surface area contributed by atoms with Crippen molar-refractivity contribution >= 4 is 5.97 Å². The van der Waals surface area contributed by atoms with Crippen molar-refractivity contribution in [3.63, 3.8) is 0 Å². The molecule has 0 amide bonds. The zero-order valence-corrected chi connectivity index (χ0v) is 7.82. The van der Waals surface area contributed by atoms with Crippen LogP contribution in [-0.2, 0) is 9.53 Å². The second-order valence-corrected chi connectivity index (χ2v) is 2.93. The summed E-state index contributed by atoms with van der Waals surface area (Å²) in [5.74, 6) is -0.216. The molecule has 13 heavy (non-hydrogen) atoms. The van der Waals surface area contributed by atoms with Gasteiger partial charge in [0.2, 0.25) is 0 Å². The van der Waals surface area contributed by atoms with Crippen molar-refractivity contribution in [1.29, 1.82) is 0 Å². The lowest BCUT2D eigenvalue weighted by Crippen LogP contribution is -2.07. The quantitative estimate of drug-likeness (QED) is 0.488. The van der Waals surface area contributed by atoms with Gasteiger partial charge in [-0.3, -0.25) is 0 Å². The standard InChI is InChI=1S/C11H14O2/c1-3-5-7-10-8-9(6-4-2)11(12)13-10/h3-4,6,8,10H,1,5,7H2,2H3/b6-4+/t10-/m1/s1. The van der Waals surface area contributed by atoms with Crippen LogP contribution in [0.15, 0.2) is 36.5 Å². The second-order valence-electron chi connectivity index (χ2n) is 2.93. The molecule has 0 unspecified atom stereocenters. The van der Waals surface area contributed by atoms with Gasteiger partial charge in [-0.2, -0.15) is 0 Å². The van der Waals surface area contributed by atoms with Gasteiger partial charge < -0.3 is 4.74 Å². The smallest absolute Gasteiger partial charge is 0.338 e. The van der Waals surface area contributed by atoms with Gasteiger partial charge in [0.25, 0.3) is 0 Å². The molecule has 0 bridgehead atoms. The monoisotopic (exact) mass is 178 g/mol. The molecule has 0 saturated heterocycles. The maximum atomic E-state index is 11.2. The summed E-state index contributed by atoms with van der Waals surface area (Å²) in [5.41, 5.74) is 0.663. The number of hydrogen-bond donors (Lipinski definition) is 0. The van der Waals surface area contributed by atoms with Crippen molar-refractivity contribution in [3.05, 3.63) is 36.5 Å². The average molecular weight is 178 g/mol. The number of allylic oxidation sites excluding steroid dienone is 2. The average Bonchev–Trinajstić information content (AvgIpc) is 2.45. The van der Waals surface area contributed by atoms with E-state index in [2.05, 4.69) is 6.58 Å². The van der Waals surface area contributed by atoms with E-state index in [1.54, 1.807) is 6.08 Å². The highest BCUT2D eigenvalue weighted by Gasteiger charge is 2.22. The number of carbonyl (C=O) groups excluding carboxylic acids is 1. The maximum Gasteiger partial charge on any atom is 0.338 e. The molecule has 0 saturated carbocycles. The van der Waals surface area contributed by atoms with Crippen molar-refractivity contribution in [2.75, 3.05) is 0 Å². The van der Waals surface area contributed by atoms with Crippen LogP contribution in [0.5, 0.6) is 0 Å². The Bertz CT molecular complexity index is 261. The van der Waals surface area contributed by atoms with E-state index in [0.29, 0.717) is 5.57 Å². The normalized spacial score (nSPS) is 21.8. The Kier molecular flexibility index (Phi) is 3.50. The molecule has 1 atom stereocenters. The van der Waals surface area contributed by atoms with Crippen LogP contribution in [0.1, 0.15) is 19.8 Å². The number of hydrogen-bond acceptors (Lipinski definition) is 2. The molecule has 1 aliphatic heterocycles. The Hall–Kier alpha value is -1.31. The molecule has 0 aliphatic carbocycles. The van der Waals surface area contributed by atoms with Crippen molar-refractivity contribution in [2.45, 2.75) is 25.9 Å². The number of carbonyl (C=O) groups is 1. The van der Waals surface area contributed by atoms with E-state index in [4.69, 9.17) is 4.74 Å². The molecule has 2 nitrogen and oxygen atoms in total. The Morgan fingerprint density at radius 3 is 3.08 bits per heavy atom. The molecule has 0 fully saturated rings. The third kappa shape index (κ3) is 2.58. The topological polar surface area (TPSA) is 26.3 Å². The van der Waals surface area contributed by atoms with Gasteiger partial charge in [-0.25, -0.2) is 4.79 Å². The predicted octanol–water partition coefficient (Wildman–Crippen LogP) is 2.38. The van der Waals surface area contributed by atoms with Crippen molar-refractivity contribution in [3.8, 4) is 0 Å². The molecule has 1 aliphatic rings. The van der Waals surface area contributed by atoms with Crippen LogP contribution in [0.4, 0.5) is 0 Å². The first-order chi connectivity index (χ1) is 6.27. The first-order valence-electron chi connectivity index (χ1n) is 4.44. The minimum Gasteiger partial charge on any atom is -0.454 e. The van der Waals surface area contributed by atoms with E-state index < -0.39 is 0 Å². The van der Waals surface area contributed by atoms with Crippen LogP contribution in [0.3, 0.4) is 0 Å². The third-order valence-electron chi connectivity index (χ3n) is 1.86. The first kappa shape index (κ1) is 9.78. The van der Waals surface area contributed by atoms with Crippen molar-refractivity contribution < 1.29 is 9.53 Å². The Morgan fingerprint density at radius 1 is 1.69 bits per heavy atom. The fourth-order valence-corrected chi connectivity index (χ4v) is 1.24. The van der Waals surface area contributed by atoms with Crippen LogP contribution in [0, 0.1) is 0 Å². The van der Waals surface area contributed by atoms with Gasteiger partial charge in [-0.05, 0) is 25.8 Å². The molecule has 2 heteroatoms. The van der Waals surface area contributed by atoms with Gasteiger partial charge in [0.05, 0.1) is 5.57 Å². The molecule has 0 aromatic heterocycles. The van der Waals surface area contributed by atoms with E-state index in [1.165, 1.54) is 0 Å². The molecule has 1 heterocycles. The minimum atomic E-state index is -0.216. The lowest BCUT2D eigenvalue weighted by molar-refractivity contribution is -0.139. The van der Waals surface area contributed by atoms with Crippen LogP contribution in [0.2, 0.25) is 0 Å². The highest BCUT2D eigenvalue weighted by molar-refractivity contribution is 5.93. The van der Waals surface area contributed by atoms with E-state index in [1.807, 2.05) is 25.2 Å². The van der Waals surface area contributed by atoms with Gasteiger partial charge in [0.1, 0.15) is 6.10 Å². The lowest BCUT2D eigenvalue weighted by atomic mass is 10.1. The maximum absolute atomic E-state index is 11.2. The molecular formula is C11H14O2. The molecule has 0 spiro atoms. The summed E-state index contributed by atoms with van der Waals surface area (Å²) in [7, 11) is 0. The lowest BCUT2D eigenvalue weighted by Gasteiger charge is -2.04. The SMILES string of the molecule is C=CCC[C@@H]1C=C(/C=C/C)C(=O)O1. The van der Waals surface area contributed by atoms with Gasteiger partial charge in [0.15, 0.2) is 0 Å². The Balaban J connectivity index is 2.55. The second kappa shape index (κ2) is 4.65. The van der Waals surface area contributed by atoms with E-state index in [0.717, 1.165) is 12.8 Å². The van der Waals surface area contributed by atoms with E-state index >= 15 is 0 Å². The van der Waals surface area contributed by atoms with Crippen LogP contribution in [-0.4, -0.2) is 12.1 Å². The third-order valence-corrected chi connectivity index (χ3v) is 1.86. The first-order valence-corrected chi connectivity index (χ1v) is 4.44. The Morgan fingerprint density at radius 2 is 2.46 bits per heavy atom. The molecule has 0 aromatic carbocycles. The zero-order chi connectivity index (χ0) is 9.68. The molecule has 70 valence electrons. The van der Waals surface area contributed by atoms with Crippen LogP contribution >= 0.6 is 0 Å². The van der Waals surface area contributed by atoms with Gasteiger partial charge >= 0.3 is 5.97 Å². The highest BCUT2D eigenvalue weighted by Crippen LogP contribution is 2.18. The summed E-state index contributed by atoms with van der Waals surface area (Å²) < 4.78 is 5.10. The molecule has 0 N–H and O–H groups in total.